The SMILES string of the molecule is CC([O][Sn]([O][Sn]([C](F)(F)C(F)(F)C(F)(F)CF)[C](F)(F)C(F)(F)C(F)(F)CF)([C](F)(F)C(F)(F)C(F)(F)CF)[C](F)(F)C(F)(F)C(F)(F)CF)(c1ccccc1)c1ccccc1. The molecule has 1 radical (unpaired) electrons. The fourth-order valence-electron chi connectivity index (χ4n) is 4.98. The van der Waals surface area contributed by atoms with Gasteiger partial charge in [0.2, 0.25) is 0 Å². The van der Waals surface area contributed by atoms with E-state index >= 15 is 52.7 Å². The van der Waals surface area contributed by atoms with Crippen LogP contribution in [0, 0.1) is 0 Å². The second kappa shape index (κ2) is 17.3. The number of hydrogen-bond donors (Lipinski definition) is 0. The fourth-order valence-corrected chi connectivity index (χ4v) is 34.9. The van der Waals surface area contributed by atoms with Crippen molar-refractivity contribution in [1.29, 1.82) is 0 Å². The number of halogens is 28. The predicted molar refractivity (Wildman–Crippen MR) is 156 cm³/mol. The third kappa shape index (κ3) is 8.26. The molecule has 357 valence electrons. The van der Waals surface area contributed by atoms with E-state index in [2.05, 4.69) is 4.49 Å². The molecule has 0 aliphatic heterocycles. The Kier molecular flexibility index (Phi) is 15.7. The van der Waals surface area contributed by atoms with E-state index in [9.17, 15) is 70.2 Å². The summed E-state index contributed by atoms with van der Waals surface area (Å²) in [6.07, 6.45) is 0. The summed E-state index contributed by atoms with van der Waals surface area (Å²) >= 11 is -24.2. The van der Waals surface area contributed by atoms with Gasteiger partial charge in [-0.2, -0.15) is 0 Å². The van der Waals surface area contributed by atoms with Gasteiger partial charge in [0.1, 0.15) is 0 Å². The summed E-state index contributed by atoms with van der Waals surface area (Å²) in [5.74, 6) is -64.6. The standard InChI is InChI=1S/C14H13O.4C4H2F7.O.2Sn/c1-14(15,12-8-4-2-5-9-12)13-10-6-3-7-11-13;4*5-1-3(8,9)4(10,11)2(6)7;;;/h2-11H,1H3;4*1H2;;;/q-1;;;;;;;+1. The molecule has 0 saturated heterocycles. The fraction of sp³-hybridized carbons (Fsp3) is 0.600. The van der Waals surface area contributed by atoms with Gasteiger partial charge >= 0.3 is 341 Å². The van der Waals surface area contributed by atoms with Gasteiger partial charge in [-0.05, 0) is 0 Å². The molecule has 0 aliphatic carbocycles. The summed E-state index contributed by atoms with van der Waals surface area (Å²) in [6.45, 7) is -18.0. The summed E-state index contributed by atoms with van der Waals surface area (Å²) in [5.41, 5.74) is -7.34. The zero-order chi connectivity index (χ0) is 49.0. The van der Waals surface area contributed by atoms with Gasteiger partial charge in [0.25, 0.3) is 0 Å². The molecule has 2 rings (SSSR count). The molecule has 0 heterocycles. The summed E-state index contributed by atoms with van der Waals surface area (Å²) < 4.78 is 389. The van der Waals surface area contributed by atoms with Crippen molar-refractivity contribution >= 4 is 39.4 Å². The first-order chi connectivity index (χ1) is 27.5. The third-order valence-electron chi connectivity index (χ3n) is 8.73. The van der Waals surface area contributed by atoms with Crippen molar-refractivity contribution in [2.45, 2.75) is 75.7 Å². The van der Waals surface area contributed by atoms with Crippen LogP contribution in [0.2, 0.25) is 0 Å². The third-order valence-corrected chi connectivity index (χ3v) is 33.1. The zero-order valence-corrected chi connectivity index (χ0v) is 35.2. The number of rotatable bonds is 22. The number of hydrogen-bond acceptors (Lipinski definition) is 2. The molecular weight excluding hydrogens is 1160 g/mol. The van der Waals surface area contributed by atoms with Crippen LogP contribution in [0.5, 0.6) is 0 Å². The Hall–Kier alpha value is -2.00. The van der Waals surface area contributed by atoms with Crippen LogP contribution in [0.25, 0.3) is 0 Å². The second-order valence-electron chi connectivity index (χ2n) is 12.9. The molecule has 0 fully saturated rings. The summed E-state index contributed by atoms with van der Waals surface area (Å²) in [7, 11) is 0. The van der Waals surface area contributed by atoms with E-state index in [1.807, 2.05) is 0 Å². The molecule has 2 aromatic rings. The van der Waals surface area contributed by atoms with Crippen molar-refractivity contribution in [3.63, 3.8) is 0 Å². The minimum atomic E-state index is -12.9. The van der Waals surface area contributed by atoms with Crippen molar-refractivity contribution in [2.24, 2.45) is 0 Å². The minimum absolute atomic E-state index is 0.220. The Morgan fingerprint density at radius 2 is 0.645 bits per heavy atom. The molecular formula is C30H21F28O2Sn2. The summed E-state index contributed by atoms with van der Waals surface area (Å²) in [6, 6.07) is 4.50. The first-order valence-corrected chi connectivity index (χ1v) is 24.9. The zero-order valence-electron chi connectivity index (χ0n) is 29.5. The van der Waals surface area contributed by atoms with Crippen LogP contribution >= 0.6 is 0 Å². The maximum absolute atomic E-state index is 16.7. The average molecular weight is 1180 g/mol. The molecule has 0 amide bonds. The first-order valence-electron chi connectivity index (χ1n) is 15.7. The topological polar surface area (TPSA) is 18.5 Å². The van der Waals surface area contributed by atoms with Crippen LogP contribution in [-0.4, -0.2) is 129 Å². The van der Waals surface area contributed by atoms with Crippen LogP contribution in [0.3, 0.4) is 0 Å². The van der Waals surface area contributed by atoms with Crippen LogP contribution in [0.15, 0.2) is 60.7 Å². The molecule has 0 N–H and O–H groups in total. The second-order valence-corrected chi connectivity index (χ2v) is 30.5. The summed E-state index contributed by atoms with van der Waals surface area (Å²) in [5, 5.41) is 0. The van der Waals surface area contributed by atoms with Gasteiger partial charge < -0.3 is 0 Å². The average Bonchev–Trinajstić information content (AvgIpc) is 3.18. The van der Waals surface area contributed by atoms with E-state index in [1.165, 1.54) is 0 Å². The Labute approximate surface area is 340 Å². The Morgan fingerprint density at radius 1 is 0.403 bits per heavy atom. The molecule has 0 aromatic heterocycles. The first kappa shape index (κ1) is 56.1. The van der Waals surface area contributed by atoms with Crippen molar-refractivity contribution in [1.82, 2.24) is 0 Å². The van der Waals surface area contributed by atoms with E-state index < -0.39 is 146 Å². The molecule has 0 atom stereocenters. The van der Waals surface area contributed by atoms with Crippen LogP contribution in [0.1, 0.15) is 18.1 Å². The summed E-state index contributed by atoms with van der Waals surface area (Å²) in [4.78, 5) is 0. The molecule has 0 unspecified atom stereocenters. The molecule has 2 nitrogen and oxygen atoms in total. The Morgan fingerprint density at radius 3 is 0.887 bits per heavy atom. The normalized spacial score (nSPS) is 15.7. The van der Waals surface area contributed by atoms with Gasteiger partial charge in [-0.15, -0.1) is 0 Å². The molecule has 0 bridgehead atoms. The molecule has 2 aromatic carbocycles. The van der Waals surface area contributed by atoms with Crippen LogP contribution in [0.4, 0.5) is 123 Å². The van der Waals surface area contributed by atoms with Gasteiger partial charge in [-0.1, -0.05) is 0 Å². The van der Waals surface area contributed by atoms with Crippen LogP contribution < -0.4 is 0 Å². The van der Waals surface area contributed by atoms with E-state index in [1.54, 1.807) is 0 Å². The van der Waals surface area contributed by atoms with E-state index in [4.69, 9.17) is 0 Å². The Bertz CT molecular complexity index is 1690. The van der Waals surface area contributed by atoms with Crippen LogP contribution in [-0.2, 0) is 10.1 Å². The van der Waals surface area contributed by atoms with Gasteiger partial charge in [-0.3, -0.25) is 0 Å². The van der Waals surface area contributed by atoms with Gasteiger partial charge in [0.15, 0.2) is 0 Å². The molecule has 62 heavy (non-hydrogen) atoms. The predicted octanol–water partition coefficient (Wildman–Crippen LogP) is 12.1. The molecule has 0 aliphatic rings. The number of alkyl halides is 28. The van der Waals surface area contributed by atoms with Crippen molar-refractivity contribution < 1.29 is 127 Å². The van der Waals surface area contributed by atoms with Gasteiger partial charge in [0, 0.05) is 0 Å². The van der Waals surface area contributed by atoms with E-state index in [0.29, 0.717) is 24.3 Å². The van der Waals surface area contributed by atoms with E-state index in [-0.39, 0.29) is 31.2 Å². The Balaban J connectivity index is 3.75. The van der Waals surface area contributed by atoms with Crippen molar-refractivity contribution in [3.05, 3.63) is 71.8 Å². The van der Waals surface area contributed by atoms with Gasteiger partial charge in [0.05, 0.1) is 0 Å². The maximum atomic E-state index is 16.7. The molecule has 0 saturated carbocycles. The number of benzene rings is 2. The van der Waals surface area contributed by atoms with Crippen molar-refractivity contribution in [2.75, 3.05) is 26.7 Å². The van der Waals surface area contributed by atoms with Crippen molar-refractivity contribution in [3.8, 4) is 0 Å². The van der Waals surface area contributed by atoms with E-state index in [0.717, 1.165) is 12.1 Å². The van der Waals surface area contributed by atoms with Gasteiger partial charge in [-0.25, -0.2) is 0 Å². The monoisotopic (exact) mass is 1180 g/mol. The molecule has 0 spiro atoms. The molecule has 32 heteroatoms. The quantitative estimate of drug-likeness (QED) is 0.0864.